The summed E-state index contributed by atoms with van der Waals surface area (Å²) in [7, 11) is 0. The average molecular weight is 262 g/mol. The molecule has 0 aliphatic carbocycles. The van der Waals surface area contributed by atoms with Crippen LogP contribution in [0.4, 0.5) is 0 Å². The summed E-state index contributed by atoms with van der Waals surface area (Å²) in [5.41, 5.74) is 1.84. The molecule has 98 valence electrons. The molecule has 0 unspecified atom stereocenters. The highest BCUT2D eigenvalue weighted by Crippen LogP contribution is 2.17. The van der Waals surface area contributed by atoms with E-state index in [0.717, 1.165) is 0 Å². The summed E-state index contributed by atoms with van der Waals surface area (Å²) in [5, 5.41) is 0. The van der Waals surface area contributed by atoms with Crippen LogP contribution in [0.25, 0.3) is 0 Å². The van der Waals surface area contributed by atoms with Crippen molar-refractivity contribution in [1.29, 1.82) is 0 Å². The SMILES string of the molecule is O=C(c1ccccc1)N1[C]N(Cc2ccccc2)C=C1. The highest BCUT2D eigenvalue weighted by Gasteiger charge is 2.21. The molecule has 2 aromatic rings. The van der Waals surface area contributed by atoms with Crippen LogP contribution in [0.15, 0.2) is 73.1 Å². The number of rotatable bonds is 3. The van der Waals surface area contributed by atoms with Crippen molar-refractivity contribution in [2.75, 3.05) is 0 Å². The maximum Gasteiger partial charge on any atom is 0.260 e. The van der Waals surface area contributed by atoms with Gasteiger partial charge in [-0.05, 0) is 17.7 Å². The van der Waals surface area contributed by atoms with Gasteiger partial charge in [-0.1, -0.05) is 48.5 Å². The molecule has 0 saturated carbocycles. The van der Waals surface area contributed by atoms with Crippen LogP contribution in [0.3, 0.4) is 0 Å². The first-order valence-corrected chi connectivity index (χ1v) is 6.47. The van der Waals surface area contributed by atoms with Crippen molar-refractivity contribution in [2.45, 2.75) is 6.54 Å². The van der Waals surface area contributed by atoms with E-state index in [1.54, 1.807) is 18.3 Å². The minimum Gasteiger partial charge on any atom is -0.342 e. The molecule has 3 nitrogen and oxygen atoms in total. The van der Waals surface area contributed by atoms with Gasteiger partial charge in [0.1, 0.15) is 0 Å². The lowest BCUT2D eigenvalue weighted by molar-refractivity contribution is 0.0838. The molecule has 2 aromatic carbocycles. The van der Waals surface area contributed by atoms with Gasteiger partial charge in [-0.25, -0.2) is 0 Å². The Hall–Kier alpha value is -2.55. The van der Waals surface area contributed by atoms with Crippen LogP contribution in [-0.4, -0.2) is 15.7 Å². The van der Waals surface area contributed by atoms with Gasteiger partial charge >= 0.3 is 0 Å². The molecule has 1 aliphatic heterocycles. The summed E-state index contributed by atoms with van der Waals surface area (Å²) in [6.07, 6.45) is 3.59. The molecule has 1 amide bonds. The molecule has 0 atom stereocenters. The topological polar surface area (TPSA) is 23.6 Å². The Balaban J connectivity index is 1.63. The number of amides is 1. The van der Waals surface area contributed by atoms with Crippen LogP contribution in [-0.2, 0) is 6.54 Å². The van der Waals surface area contributed by atoms with E-state index in [0.29, 0.717) is 12.1 Å². The second-order valence-electron chi connectivity index (χ2n) is 4.55. The fourth-order valence-electron chi connectivity index (χ4n) is 2.05. The molecule has 20 heavy (non-hydrogen) atoms. The van der Waals surface area contributed by atoms with E-state index < -0.39 is 0 Å². The molecule has 1 heterocycles. The first kappa shape index (κ1) is 12.5. The van der Waals surface area contributed by atoms with Crippen molar-refractivity contribution in [1.82, 2.24) is 9.80 Å². The van der Waals surface area contributed by atoms with Gasteiger partial charge in [-0.15, -0.1) is 0 Å². The van der Waals surface area contributed by atoms with Gasteiger partial charge in [0.05, 0.1) is 0 Å². The lowest BCUT2D eigenvalue weighted by Gasteiger charge is -2.17. The molecule has 0 N–H and O–H groups in total. The summed E-state index contributed by atoms with van der Waals surface area (Å²) in [5.74, 6) is -0.0718. The molecule has 0 bridgehead atoms. The van der Waals surface area contributed by atoms with E-state index in [1.165, 1.54) is 10.5 Å². The highest BCUT2D eigenvalue weighted by molar-refractivity contribution is 5.95. The molecule has 1 aliphatic rings. The third-order valence-electron chi connectivity index (χ3n) is 3.07. The van der Waals surface area contributed by atoms with Crippen LogP contribution >= 0.6 is 0 Å². The van der Waals surface area contributed by atoms with Crippen LogP contribution in [0.2, 0.25) is 0 Å². The van der Waals surface area contributed by atoms with E-state index in [1.807, 2.05) is 47.5 Å². The summed E-state index contributed by atoms with van der Waals surface area (Å²) >= 11 is 0. The lowest BCUT2D eigenvalue weighted by Crippen LogP contribution is -2.25. The van der Waals surface area contributed by atoms with Crippen molar-refractivity contribution in [3.05, 3.63) is 90.9 Å². The Morgan fingerprint density at radius 2 is 1.55 bits per heavy atom. The van der Waals surface area contributed by atoms with Crippen LogP contribution in [0.5, 0.6) is 0 Å². The number of nitrogens with zero attached hydrogens (tertiary/aromatic N) is 2. The number of hydrogen-bond donors (Lipinski definition) is 0. The summed E-state index contributed by atoms with van der Waals surface area (Å²) in [6, 6.07) is 19.3. The number of benzene rings is 2. The van der Waals surface area contributed by atoms with Crippen molar-refractivity contribution >= 4 is 5.91 Å². The fourth-order valence-corrected chi connectivity index (χ4v) is 2.05. The van der Waals surface area contributed by atoms with Crippen LogP contribution < -0.4 is 0 Å². The van der Waals surface area contributed by atoms with E-state index in [-0.39, 0.29) is 5.91 Å². The Labute approximate surface area is 118 Å². The average Bonchev–Trinajstić information content (AvgIpc) is 2.97. The minimum atomic E-state index is -0.0718. The van der Waals surface area contributed by atoms with Crippen LogP contribution in [0.1, 0.15) is 15.9 Å². The van der Waals surface area contributed by atoms with E-state index in [9.17, 15) is 4.79 Å². The zero-order valence-corrected chi connectivity index (χ0v) is 10.9. The van der Waals surface area contributed by atoms with E-state index in [2.05, 4.69) is 18.8 Å². The summed E-state index contributed by atoms with van der Waals surface area (Å²) in [6.45, 7) is 3.75. The lowest BCUT2D eigenvalue weighted by atomic mass is 10.2. The Bertz CT molecular complexity index is 607. The van der Waals surface area contributed by atoms with Gasteiger partial charge in [-0.2, -0.15) is 0 Å². The molecule has 2 radical (unpaired) electrons. The van der Waals surface area contributed by atoms with Gasteiger partial charge in [0.15, 0.2) is 0 Å². The highest BCUT2D eigenvalue weighted by atomic mass is 16.2. The smallest absolute Gasteiger partial charge is 0.260 e. The van der Waals surface area contributed by atoms with Crippen LogP contribution in [0, 0.1) is 6.67 Å². The van der Waals surface area contributed by atoms with E-state index in [4.69, 9.17) is 0 Å². The van der Waals surface area contributed by atoms with Gasteiger partial charge < -0.3 is 4.90 Å². The molecule has 0 aromatic heterocycles. The predicted molar refractivity (Wildman–Crippen MR) is 77.0 cm³/mol. The summed E-state index contributed by atoms with van der Waals surface area (Å²) in [4.78, 5) is 15.6. The second-order valence-corrected chi connectivity index (χ2v) is 4.55. The third-order valence-corrected chi connectivity index (χ3v) is 3.07. The largest absolute Gasteiger partial charge is 0.342 e. The molecule has 3 heteroatoms. The van der Waals surface area contributed by atoms with Gasteiger partial charge in [0.2, 0.25) is 6.67 Å². The summed E-state index contributed by atoms with van der Waals surface area (Å²) < 4.78 is 0. The third kappa shape index (κ3) is 2.72. The standard InChI is InChI=1S/C17H14N2O/c20-17(16-9-5-2-6-10-16)19-12-11-18(14-19)13-15-7-3-1-4-8-15/h1-12H,13H2. The molecular formula is C17H14N2O. The van der Waals surface area contributed by atoms with Crippen molar-refractivity contribution in [2.24, 2.45) is 0 Å². The molecule has 3 rings (SSSR count). The first-order chi connectivity index (χ1) is 9.83. The maximum absolute atomic E-state index is 12.2. The molecule has 0 spiro atoms. The predicted octanol–water partition coefficient (Wildman–Crippen LogP) is 3.11. The van der Waals surface area contributed by atoms with Crippen molar-refractivity contribution in [3.63, 3.8) is 0 Å². The zero-order chi connectivity index (χ0) is 13.8. The van der Waals surface area contributed by atoms with Gasteiger partial charge in [-0.3, -0.25) is 9.69 Å². The maximum atomic E-state index is 12.2. The Kier molecular flexibility index (Phi) is 3.50. The number of carbonyl (C=O) groups is 1. The van der Waals surface area contributed by atoms with Crippen molar-refractivity contribution in [3.8, 4) is 0 Å². The van der Waals surface area contributed by atoms with Gasteiger partial charge in [0.25, 0.3) is 5.91 Å². The fraction of sp³-hybridized carbons (Fsp3) is 0.0588. The normalized spacial score (nSPS) is 13.8. The van der Waals surface area contributed by atoms with E-state index >= 15 is 0 Å². The minimum absolute atomic E-state index is 0.0718. The molecule has 0 fully saturated rings. The first-order valence-electron chi connectivity index (χ1n) is 6.47. The van der Waals surface area contributed by atoms with Crippen molar-refractivity contribution < 1.29 is 4.79 Å². The Morgan fingerprint density at radius 3 is 2.25 bits per heavy atom. The molecule has 0 saturated heterocycles. The molecular weight excluding hydrogens is 248 g/mol. The number of hydrogen-bond acceptors (Lipinski definition) is 2. The zero-order valence-electron chi connectivity index (χ0n) is 10.9. The second kappa shape index (κ2) is 5.61. The number of carbonyl (C=O) groups excluding carboxylic acids is 1. The van der Waals surface area contributed by atoms with Gasteiger partial charge in [0, 0.05) is 24.5 Å². The monoisotopic (exact) mass is 262 g/mol. The Morgan fingerprint density at radius 1 is 0.900 bits per heavy atom. The quantitative estimate of drug-likeness (QED) is 0.848.